The number of carbonyl (C=O) groups is 1. The van der Waals surface area contributed by atoms with E-state index in [4.69, 9.17) is 17.3 Å². The summed E-state index contributed by atoms with van der Waals surface area (Å²) in [5.74, 6) is -1.26. The quantitative estimate of drug-likeness (QED) is 0.913. The molecular formula is C14H14ClF2N5O. The molecule has 23 heavy (non-hydrogen) atoms. The van der Waals surface area contributed by atoms with Gasteiger partial charge in [0.15, 0.2) is 0 Å². The SMILES string of the molecule is NC(=O)[C@@H]1C[C@@H](F)CN1Cc1c(-n2cncn2)ccc(Cl)c1F. The van der Waals surface area contributed by atoms with Gasteiger partial charge in [-0.25, -0.2) is 18.4 Å². The van der Waals surface area contributed by atoms with Crippen LogP contribution in [0.1, 0.15) is 12.0 Å². The third-order valence-corrected chi connectivity index (χ3v) is 4.17. The number of nitrogens with zero attached hydrogens (tertiary/aromatic N) is 4. The lowest BCUT2D eigenvalue weighted by Gasteiger charge is -2.23. The molecule has 1 aliphatic heterocycles. The summed E-state index contributed by atoms with van der Waals surface area (Å²) >= 11 is 5.86. The monoisotopic (exact) mass is 341 g/mol. The number of rotatable bonds is 4. The number of primary amides is 1. The Morgan fingerprint density at radius 1 is 1.48 bits per heavy atom. The average Bonchev–Trinajstić information content (AvgIpc) is 3.14. The number of likely N-dealkylation sites (tertiary alicyclic amines) is 1. The van der Waals surface area contributed by atoms with Crippen molar-refractivity contribution in [1.29, 1.82) is 0 Å². The Kier molecular flexibility index (Phi) is 4.27. The Balaban J connectivity index is 1.99. The van der Waals surface area contributed by atoms with Gasteiger partial charge in [0, 0.05) is 25.1 Å². The van der Waals surface area contributed by atoms with Gasteiger partial charge in [0.1, 0.15) is 24.6 Å². The first-order valence-corrected chi connectivity index (χ1v) is 7.34. The van der Waals surface area contributed by atoms with Crippen molar-refractivity contribution in [1.82, 2.24) is 19.7 Å². The van der Waals surface area contributed by atoms with E-state index in [9.17, 15) is 13.6 Å². The molecule has 2 aromatic rings. The number of carbonyl (C=O) groups excluding carboxylic acids is 1. The summed E-state index contributed by atoms with van der Waals surface area (Å²) in [5, 5.41) is 3.91. The first-order valence-electron chi connectivity index (χ1n) is 6.96. The van der Waals surface area contributed by atoms with E-state index in [2.05, 4.69) is 10.1 Å². The largest absolute Gasteiger partial charge is 0.368 e. The van der Waals surface area contributed by atoms with Gasteiger partial charge in [-0.1, -0.05) is 11.6 Å². The van der Waals surface area contributed by atoms with Gasteiger partial charge in [0.2, 0.25) is 5.91 Å². The van der Waals surface area contributed by atoms with Crippen molar-refractivity contribution in [2.75, 3.05) is 6.54 Å². The predicted octanol–water partition coefficient (Wildman–Crippen LogP) is 1.46. The molecular weight excluding hydrogens is 328 g/mol. The van der Waals surface area contributed by atoms with E-state index < -0.39 is 23.9 Å². The number of benzene rings is 1. The van der Waals surface area contributed by atoms with E-state index in [-0.39, 0.29) is 30.1 Å². The van der Waals surface area contributed by atoms with Crippen molar-refractivity contribution in [3.05, 3.63) is 41.2 Å². The zero-order valence-corrected chi connectivity index (χ0v) is 12.7. The minimum absolute atomic E-state index is 0.00435. The summed E-state index contributed by atoms with van der Waals surface area (Å²) in [6.07, 6.45) is 1.57. The lowest BCUT2D eigenvalue weighted by molar-refractivity contribution is -0.122. The van der Waals surface area contributed by atoms with Crippen molar-refractivity contribution in [2.24, 2.45) is 5.73 Å². The van der Waals surface area contributed by atoms with Crippen LogP contribution >= 0.6 is 11.6 Å². The summed E-state index contributed by atoms with van der Waals surface area (Å²) in [5.41, 5.74) is 5.95. The third kappa shape index (κ3) is 3.04. The number of nitrogens with two attached hydrogens (primary N) is 1. The van der Waals surface area contributed by atoms with Gasteiger partial charge in [0.05, 0.1) is 16.8 Å². The number of aromatic nitrogens is 3. The molecule has 0 radical (unpaired) electrons. The fraction of sp³-hybridized carbons (Fsp3) is 0.357. The highest BCUT2D eigenvalue weighted by Gasteiger charge is 2.36. The molecule has 1 amide bonds. The van der Waals surface area contributed by atoms with Crippen molar-refractivity contribution in [3.8, 4) is 5.69 Å². The molecule has 2 atom stereocenters. The van der Waals surface area contributed by atoms with Crippen LogP contribution in [0.4, 0.5) is 8.78 Å². The van der Waals surface area contributed by atoms with Crippen LogP contribution < -0.4 is 5.73 Å². The molecule has 1 fully saturated rings. The summed E-state index contributed by atoms with van der Waals surface area (Å²) in [7, 11) is 0. The van der Waals surface area contributed by atoms with Crippen LogP contribution in [-0.2, 0) is 11.3 Å². The average molecular weight is 342 g/mol. The second-order valence-corrected chi connectivity index (χ2v) is 5.79. The van der Waals surface area contributed by atoms with E-state index in [1.807, 2.05) is 0 Å². The minimum Gasteiger partial charge on any atom is -0.368 e. The van der Waals surface area contributed by atoms with Crippen molar-refractivity contribution >= 4 is 17.5 Å². The first-order chi connectivity index (χ1) is 11.0. The molecule has 0 bridgehead atoms. The molecule has 3 rings (SSSR count). The van der Waals surface area contributed by atoms with Crippen LogP contribution in [0, 0.1) is 5.82 Å². The van der Waals surface area contributed by atoms with Crippen molar-refractivity contribution < 1.29 is 13.6 Å². The Morgan fingerprint density at radius 2 is 2.26 bits per heavy atom. The smallest absolute Gasteiger partial charge is 0.234 e. The highest BCUT2D eigenvalue weighted by Crippen LogP contribution is 2.29. The number of halogens is 3. The summed E-state index contributed by atoms with van der Waals surface area (Å²) < 4.78 is 29.5. The van der Waals surface area contributed by atoms with Crippen LogP contribution in [0.5, 0.6) is 0 Å². The van der Waals surface area contributed by atoms with E-state index in [1.54, 1.807) is 6.07 Å². The molecule has 2 N–H and O–H groups in total. The number of alkyl halides is 1. The number of hydrogen-bond donors (Lipinski definition) is 1. The van der Waals surface area contributed by atoms with Crippen LogP contribution in [0.15, 0.2) is 24.8 Å². The topological polar surface area (TPSA) is 77.0 Å². The van der Waals surface area contributed by atoms with Crippen LogP contribution in [-0.4, -0.2) is 44.3 Å². The fourth-order valence-electron chi connectivity index (χ4n) is 2.80. The number of hydrogen-bond acceptors (Lipinski definition) is 4. The summed E-state index contributed by atoms with van der Waals surface area (Å²) in [4.78, 5) is 16.8. The molecule has 1 aromatic heterocycles. The lowest BCUT2D eigenvalue weighted by Crippen LogP contribution is -2.40. The molecule has 0 spiro atoms. The van der Waals surface area contributed by atoms with Gasteiger partial charge < -0.3 is 5.73 Å². The van der Waals surface area contributed by atoms with Gasteiger partial charge in [-0.3, -0.25) is 9.69 Å². The van der Waals surface area contributed by atoms with Gasteiger partial charge >= 0.3 is 0 Å². The molecule has 1 aromatic carbocycles. The van der Waals surface area contributed by atoms with Crippen molar-refractivity contribution in [2.45, 2.75) is 25.2 Å². The second kappa shape index (κ2) is 6.21. The van der Waals surface area contributed by atoms with Crippen LogP contribution in [0.3, 0.4) is 0 Å². The van der Waals surface area contributed by atoms with E-state index in [1.165, 1.54) is 28.3 Å². The molecule has 1 saturated heterocycles. The molecule has 2 heterocycles. The Morgan fingerprint density at radius 3 is 2.91 bits per heavy atom. The fourth-order valence-corrected chi connectivity index (χ4v) is 2.98. The Hall–Kier alpha value is -2.06. The molecule has 0 saturated carbocycles. The highest BCUT2D eigenvalue weighted by atomic mass is 35.5. The third-order valence-electron chi connectivity index (χ3n) is 3.88. The lowest BCUT2D eigenvalue weighted by atomic mass is 10.1. The molecule has 6 nitrogen and oxygen atoms in total. The maximum atomic E-state index is 14.5. The molecule has 122 valence electrons. The van der Waals surface area contributed by atoms with E-state index in [0.29, 0.717) is 5.69 Å². The Labute approximate surface area is 135 Å². The maximum Gasteiger partial charge on any atom is 0.234 e. The Bertz CT molecular complexity index is 724. The van der Waals surface area contributed by atoms with Crippen molar-refractivity contribution in [3.63, 3.8) is 0 Å². The zero-order valence-electron chi connectivity index (χ0n) is 12.0. The molecule has 1 aliphatic rings. The first kappa shape index (κ1) is 15.8. The standard InChI is InChI=1S/C14H14ClF2N5O/c15-10-1-2-11(22-7-19-6-20-22)9(13(10)17)5-21-4-8(16)3-12(21)14(18)23/h1-2,6-8,12H,3-5H2,(H2,18,23)/t8-,12+/m1/s1. The molecule has 9 heteroatoms. The van der Waals surface area contributed by atoms with Gasteiger partial charge in [-0.2, -0.15) is 5.10 Å². The summed E-state index contributed by atoms with van der Waals surface area (Å²) in [6.45, 7) is 0.00592. The zero-order chi connectivity index (χ0) is 16.6. The highest BCUT2D eigenvalue weighted by molar-refractivity contribution is 6.30. The van der Waals surface area contributed by atoms with Gasteiger partial charge in [-0.05, 0) is 12.1 Å². The summed E-state index contributed by atoms with van der Waals surface area (Å²) in [6, 6.07) is 2.23. The predicted molar refractivity (Wildman–Crippen MR) is 79.2 cm³/mol. The molecule has 0 aliphatic carbocycles. The normalized spacial score (nSPS) is 21.7. The van der Waals surface area contributed by atoms with Gasteiger partial charge in [-0.15, -0.1) is 0 Å². The van der Waals surface area contributed by atoms with Crippen LogP contribution in [0.2, 0.25) is 5.02 Å². The van der Waals surface area contributed by atoms with Crippen LogP contribution in [0.25, 0.3) is 5.69 Å². The van der Waals surface area contributed by atoms with E-state index >= 15 is 0 Å². The number of amides is 1. The maximum absolute atomic E-state index is 14.5. The second-order valence-electron chi connectivity index (χ2n) is 5.38. The molecule has 0 unspecified atom stereocenters. The van der Waals surface area contributed by atoms with E-state index in [0.717, 1.165) is 0 Å². The minimum atomic E-state index is -1.18. The van der Waals surface area contributed by atoms with Gasteiger partial charge in [0.25, 0.3) is 0 Å².